The van der Waals surface area contributed by atoms with Crippen LogP contribution in [0.15, 0.2) is 72.8 Å². The molecule has 4 aromatic rings. The first-order valence-corrected chi connectivity index (χ1v) is 15.1. The van der Waals surface area contributed by atoms with Gasteiger partial charge < -0.3 is 25.3 Å². The molecule has 10 heteroatoms. The molecule has 9 nitrogen and oxygen atoms in total. The summed E-state index contributed by atoms with van der Waals surface area (Å²) in [6.07, 6.45) is 1.20. The molecule has 1 aromatic heterocycles. The Kier molecular flexibility index (Phi) is 9.46. The van der Waals surface area contributed by atoms with Crippen LogP contribution in [0.25, 0.3) is 22.0 Å². The van der Waals surface area contributed by atoms with Crippen LogP contribution in [0.5, 0.6) is 5.75 Å². The molecule has 0 fully saturated rings. The van der Waals surface area contributed by atoms with E-state index in [0.717, 1.165) is 34.0 Å². The summed E-state index contributed by atoms with van der Waals surface area (Å²) in [7, 11) is -3.40. The number of anilines is 1. The Balaban J connectivity index is 1.39. The highest BCUT2D eigenvalue weighted by Crippen LogP contribution is 2.35. The van der Waals surface area contributed by atoms with Gasteiger partial charge in [-0.2, -0.15) is 0 Å². The maximum atomic E-state index is 11.7. The SMILES string of the molecule is CC[C@H](Cc1[nH]c2cc(OCCNCC(O)c3cccc(NS(C)(=O)=O)c3)ccc2c1-c1ccccc1)C(=O)O. The fourth-order valence-corrected chi connectivity index (χ4v) is 5.24. The van der Waals surface area contributed by atoms with Crippen LogP contribution in [0.4, 0.5) is 5.69 Å². The van der Waals surface area contributed by atoms with Crippen molar-refractivity contribution in [2.45, 2.75) is 25.9 Å². The van der Waals surface area contributed by atoms with Gasteiger partial charge in [-0.1, -0.05) is 49.4 Å². The van der Waals surface area contributed by atoms with Gasteiger partial charge in [-0.15, -0.1) is 0 Å². The largest absolute Gasteiger partial charge is 0.492 e. The third kappa shape index (κ3) is 7.62. The smallest absolute Gasteiger partial charge is 0.306 e. The second-order valence-electron chi connectivity index (χ2n) is 9.77. The zero-order chi connectivity index (χ0) is 28.7. The summed E-state index contributed by atoms with van der Waals surface area (Å²) in [4.78, 5) is 15.2. The van der Waals surface area contributed by atoms with E-state index in [4.69, 9.17) is 4.74 Å². The van der Waals surface area contributed by atoms with Crippen LogP contribution in [-0.4, -0.2) is 55.5 Å². The van der Waals surface area contributed by atoms with Gasteiger partial charge in [0.05, 0.1) is 18.3 Å². The molecule has 0 aliphatic carbocycles. The van der Waals surface area contributed by atoms with Crippen molar-refractivity contribution >= 4 is 32.6 Å². The van der Waals surface area contributed by atoms with Crippen molar-refractivity contribution in [2.75, 3.05) is 30.7 Å². The molecule has 0 aliphatic heterocycles. The van der Waals surface area contributed by atoms with Crippen molar-refractivity contribution in [3.05, 3.63) is 84.1 Å². The number of aromatic nitrogens is 1. The lowest BCUT2D eigenvalue weighted by atomic mass is 9.94. The van der Waals surface area contributed by atoms with Gasteiger partial charge in [0.2, 0.25) is 10.0 Å². The maximum Gasteiger partial charge on any atom is 0.306 e. The number of hydrogen-bond acceptors (Lipinski definition) is 6. The van der Waals surface area contributed by atoms with E-state index in [0.29, 0.717) is 43.0 Å². The molecule has 0 aliphatic rings. The van der Waals surface area contributed by atoms with Crippen molar-refractivity contribution in [1.82, 2.24) is 10.3 Å². The number of sulfonamides is 1. The number of aliphatic hydroxyl groups is 1. The molecule has 1 unspecified atom stereocenters. The highest BCUT2D eigenvalue weighted by molar-refractivity contribution is 7.92. The number of H-pyrrole nitrogens is 1. The molecule has 5 N–H and O–H groups in total. The molecule has 0 spiro atoms. The second kappa shape index (κ2) is 13.0. The molecule has 0 bridgehead atoms. The Morgan fingerprint density at radius 2 is 1.82 bits per heavy atom. The molecule has 2 atom stereocenters. The predicted molar refractivity (Wildman–Crippen MR) is 157 cm³/mol. The van der Waals surface area contributed by atoms with Crippen molar-refractivity contribution in [1.29, 1.82) is 0 Å². The standard InChI is InChI=1S/C30H35N3O6S/c1-3-20(30(35)36)17-27-29(21-8-5-4-6-9-21)25-13-12-24(18-26(25)32-27)39-15-14-31-19-28(34)22-10-7-11-23(16-22)33-40(2,37)38/h4-13,16,18,20,28,31-34H,3,14-15,17,19H2,1-2H3,(H,35,36)/t20-,28?/m1/s1. The van der Waals surface area contributed by atoms with Crippen molar-refractivity contribution in [3.8, 4) is 16.9 Å². The van der Waals surface area contributed by atoms with Gasteiger partial charge in [-0.3, -0.25) is 9.52 Å². The van der Waals surface area contributed by atoms with Crippen LogP contribution >= 0.6 is 0 Å². The zero-order valence-corrected chi connectivity index (χ0v) is 23.4. The minimum atomic E-state index is -3.40. The number of fused-ring (bicyclic) bond motifs is 1. The summed E-state index contributed by atoms with van der Waals surface area (Å²) in [5.74, 6) is -0.613. The molecule has 0 saturated heterocycles. The number of aromatic amines is 1. The van der Waals surface area contributed by atoms with Crippen molar-refractivity contribution in [2.24, 2.45) is 5.92 Å². The van der Waals surface area contributed by atoms with Gasteiger partial charge in [0.1, 0.15) is 12.4 Å². The van der Waals surface area contributed by atoms with Gasteiger partial charge in [-0.25, -0.2) is 8.42 Å². The summed E-state index contributed by atoms with van der Waals surface area (Å²) in [5.41, 5.74) is 4.79. The molecule has 40 heavy (non-hydrogen) atoms. The molecule has 0 radical (unpaired) electrons. The average Bonchev–Trinajstić information content (AvgIpc) is 3.28. The Morgan fingerprint density at radius 1 is 1.05 bits per heavy atom. The van der Waals surface area contributed by atoms with E-state index in [-0.39, 0.29) is 6.54 Å². The molecule has 3 aromatic carbocycles. The topological polar surface area (TPSA) is 141 Å². The lowest BCUT2D eigenvalue weighted by Crippen LogP contribution is -2.26. The molecule has 0 saturated carbocycles. The number of aliphatic carboxylic acids is 1. The Labute approximate surface area is 234 Å². The van der Waals surface area contributed by atoms with Gasteiger partial charge in [-0.05, 0) is 41.8 Å². The third-order valence-corrected chi connectivity index (χ3v) is 7.27. The van der Waals surface area contributed by atoms with Crippen LogP contribution in [0, 0.1) is 5.92 Å². The number of aliphatic hydroxyl groups excluding tert-OH is 1. The molecule has 1 heterocycles. The first-order valence-electron chi connectivity index (χ1n) is 13.2. The number of carbonyl (C=O) groups is 1. The first-order chi connectivity index (χ1) is 19.1. The fraction of sp³-hybridized carbons (Fsp3) is 0.300. The molecule has 212 valence electrons. The summed E-state index contributed by atoms with van der Waals surface area (Å²) >= 11 is 0. The summed E-state index contributed by atoms with van der Waals surface area (Å²) in [6, 6.07) is 22.4. The molecule has 4 rings (SSSR count). The summed E-state index contributed by atoms with van der Waals surface area (Å²) in [6.45, 7) is 3.01. The summed E-state index contributed by atoms with van der Waals surface area (Å²) in [5, 5.41) is 24.3. The van der Waals surface area contributed by atoms with Crippen LogP contribution < -0.4 is 14.8 Å². The Hall–Kier alpha value is -3.86. The van der Waals surface area contributed by atoms with Gasteiger partial charge in [0.25, 0.3) is 0 Å². The number of hydrogen-bond donors (Lipinski definition) is 5. The maximum absolute atomic E-state index is 11.7. The van der Waals surface area contributed by atoms with E-state index in [1.54, 1.807) is 24.3 Å². The summed E-state index contributed by atoms with van der Waals surface area (Å²) < 4.78 is 31.3. The number of carboxylic acids is 1. The van der Waals surface area contributed by atoms with E-state index in [1.807, 2.05) is 55.5 Å². The number of benzene rings is 3. The zero-order valence-electron chi connectivity index (χ0n) is 22.6. The van der Waals surface area contributed by atoms with Crippen LogP contribution in [0.3, 0.4) is 0 Å². The predicted octanol–water partition coefficient (Wildman–Crippen LogP) is 4.56. The minimum absolute atomic E-state index is 0.271. The monoisotopic (exact) mass is 565 g/mol. The fourth-order valence-electron chi connectivity index (χ4n) is 4.68. The quantitative estimate of drug-likeness (QED) is 0.141. The number of carboxylic acid groups (broad SMARTS) is 1. The van der Waals surface area contributed by atoms with Gasteiger partial charge in [0.15, 0.2) is 0 Å². The molecular formula is C30H35N3O6S. The average molecular weight is 566 g/mol. The second-order valence-corrected chi connectivity index (χ2v) is 11.5. The number of nitrogens with one attached hydrogen (secondary N) is 3. The van der Waals surface area contributed by atoms with Crippen LogP contribution in [-0.2, 0) is 21.2 Å². The highest BCUT2D eigenvalue weighted by Gasteiger charge is 2.21. The van der Waals surface area contributed by atoms with E-state index in [1.165, 1.54) is 0 Å². The van der Waals surface area contributed by atoms with E-state index in [2.05, 4.69) is 15.0 Å². The normalized spacial score (nSPS) is 13.2. The van der Waals surface area contributed by atoms with E-state index >= 15 is 0 Å². The Morgan fingerprint density at radius 3 is 2.52 bits per heavy atom. The number of rotatable bonds is 14. The minimum Gasteiger partial charge on any atom is -0.492 e. The highest BCUT2D eigenvalue weighted by atomic mass is 32.2. The van der Waals surface area contributed by atoms with Gasteiger partial charge >= 0.3 is 5.97 Å². The van der Waals surface area contributed by atoms with E-state index in [9.17, 15) is 23.4 Å². The van der Waals surface area contributed by atoms with Gasteiger partial charge in [0, 0.05) is 53.4 Å². The van der Waals surface area contributed by atoms with Crippen molar-refractivity contribution in [3.63, 3.8) is 0 Å². The number of ether oxygens (including phenoxy) is 1. The lowest BCUT2D eigenvalue weighted by Gasteiger charge is -2.14. The molecule has 0 amide bonds. The van der Waals surface area contributed by atoms with Crippen LogP contribution in [0.2, 0.25) is 0 Å². The first kappa shape index (κ1) is 29.1. The van der Waals surface area contributed by atoms with E-state index < -0.39 is 28.0 Å². The lowest BCUT2D eigenvalue weighted by molar-refractivity contribution is -0.141. The third-order valence-electron chi connectivity index (χ3n) is 6.66. The van der Waals surface area contributed by atoms with Crippen molar-refractivity contribution < 1.29 is 28.2 Å². The van der Waals surface area contributed by atoms with Crippen LogP contribution in [0.1, 0.15) is 30.7 Å². The Bertz CT molecular complexity index is 1550. The molecular weight excluding hydrogens is 530 g/mol.